The molecular formula is C26H40N2O3. The van der Waals surface area contributed by atoms with E-state index >= 15 is 0 Å². The molecule has 2 aliphatic rings. The first kappa shape index (κ1) is 23.9. The highest BCUT2D eigenvalue weighted by Crippen LogP contribution is 2.37. The Hall–Kier alpha value is -1.72. The van der Waals surface area contributed by atoms with E-state index in [0.717, 1.165) is 49.3 Å². The van der Waals surface area contributed by atoms with E-state index in [2.05, 4.69) is 30.9 Å². The summed E-state index contributed by atoms with van der Waals surface area (Å²) in [6.45, 7) is 11.2. The predicted molar refractivity (Wildman–Crippen MR) is 126 cm³/mol. The van der Waals surface area contributed by atoms with Gasteiger partial charge in [0.15, 0.2) is 5.78 Å². The summed E-state index contributed by atoms with van der Waals surface area (Å²) in [6, 6.07) is 4.14. The quantitative estimate of drug-likeness (QED) is 0.455. The fourth-order valence-corrected chi connectivity index (χ4v) is 4.96. The van der Waals surface area contributed by atoms with Crippen molar-refractivity contribution in [2.24, 2.45) is 5.92 Å². The average molecular weight is 429 g/mol. The number of rotatable bonds is 12. The Morgan fingerprint density at radius 3 is 2.45 bits per heavy atom. The van der Waals surface area contributed by atoms with Crippen molar-refractivity contribution in [2.75, 3.05) is 44.3 Å². The van der Waals surface area contributed by atoms with E-state index in [0.29, 0.717) is 38.4 Å². The molecule has 0 spiro atoms. The minimum Gasteiger partial charge on any atom is -0.380 e. The van der Waals surface area contributed by atoms with Crippen LogP contribution in [0.5, 0.6) is 0 Å². The topological polar surface area (TPSA) is 49.9 Å². The zero-order valence-corrected chi connectivity index (χ0v) is 19.8. The number of fused-ring (bicyclic) bond motifs is 3. The second kappa shape index (κ2) is 11.8. The first-order chi connectivity index (χ1) is 15.1. The van der Waals surface area contributed by atoms with Crippen LogP contribution < -0.4 is 4.90 Å². The van der Waals surface area contributed by atoms with Gasteiger partial charge in [0.25, 0.3) is 0 Å². The van der Waals surface area contributed by atoms with Crippen molar-refractivity contribution >= 4 is 17.4 Å². The molecule has 1 aromatic carbocycles. The monoisotopic (exact) mass is 428 g/mol. The van der Waals surface area contributed by atoms with E-state index in [1.807, 2.05) is 11.8 Å². The van der Waals surface area contributed by atoms with Gasteiger partial charge in [0.05, 0.1) is 6.61 Å². The van der Waals surface area contributed by atoms with Crippen LogP contribution in [-0.2, 0) is 22.4 Å². The van der Waals surface area contributed by atoms with Crippen LogP contribution in [0.15, 0.2) is 12.1 Å². The Labute approximate surface area is 188 Å². The molecule has 0 aromatic heterocycles. The number of nitrogens with zero attached hydrogens (tertiary/aromatic N) is 2. The van der Waals surface area contributed by atoms with Gasteiger partial charge in [-0.1, -0.05) is 32.8 Å². The van der Waals surface area contributed by atoms with Crippen molar-refractivity contribution in [3.05, 3.63) is 28.8 Å². The van der Waals surface area contributed by atoms with E-state index in [1.165, 1.54) is 31.2 Å². The maximum absolute atomic E-state index is 13.7. The molecule has 0 N–H and O–H groups in total. The molecule has 0 saturated carbocycles. The Morgan fingerprint density at radius 2 is 1.77 bits per heavy atom. The normalized spacial score (nSPS) is 18.5. The maximum Gasteiger partial charge on any atom is 0.227 e. The van der Waals surface area contributed by atoms with E-state index in [1.54, 1.807) is 0 Å². The Bertz CT molecular complexity index is 753. The third-order valence-electron chi connectivity index (χ3n) is 6.73. The molecule has 1 atom stereocenters. The number of aryl methyl sites for hydroxylation is 1. The van der Waals surface area contributed by atoms with E-state index in [9.17, 15) is 9.59 Å². The van der Waals surface area contributed by atoms with E-state index in [4.69, 9.17) is 4.74 Å². The first-order valence-electron chi connectivity index (χ1n) is 12.4. The Kier molecular flexibility index (Phi) is 9.09. The minimum absolute atomic E-state index is 0.0715. The SMILES string of the molecule is CCCCN(CCCC)CC1CCc2ccc3c(c2C1=O)CCC(=O)N3CCOCC. The molecule has 3 rings (SSSR count). The van der Waals surface area contributed by atoms with Gasteiger partial charge in [0, 0.05) is 43.3 Å². The number of Topliss-reactive ketones (excluding diaryl/α,β-unsaturated/α-hetero) is 1. The highest BCUT2D eigenvalue weighted by Gasteiger charge is 2.35. The van der Waals surface area contributed by atoms with Gasteiger partial charge in [-0.3, -0.25) is 9.59 Å². The van der Waals surface area contributed by atoms with Crippen LogP contribution in [0.3, 0.4) is 0 Å². The highest BCUT2D eigenvalue weighted by atomic mass is 16.5. The van der Waals surface area contributed by atoms with Crippen molar-refractivity contribution in [1.82, 2.24) is 4.90 Å². The number of hydrogen-bond donors (Lipinski definition) is 0. The predicted octanol–water partition coefficient (Wildman–Crippen LogP) is 4.65. The number of hydrogen-bond acceptors (Lipinski definition) is 4. The summed E-state index contributed by atoms with van der Waals surface area (Å²) in [4.78, 5) is 30.6. The molecule has 1 aliphatic heterocycles. The largest absolute Gasteiger partial charge is 0.380 e. The fourth-order valence-electron chi connectivity index (χ4n) is 4.96. The van der Waals surface area contributed by atoms with Crippen LogP contribution in [-0.4, -0.2) is 56.0 Å². The molecule has 1 heterocycles. The molecule has 0 fully saturated rings. The van der Waals surface area contributed by atoms with Gasteiger partial charge in [-0.05, 0) is 69.3 Å². The van der Waals surface area contributed by atoms with Gasteiger partial charge >= 0.3 is 0 Å². The molecule has 1 unspecified atom stereocenters. The van der Waals surface area contributed by atoms with Crippen LogP contribution in [0.1, 0.15) is 80.8 Å². The van der Waals surface area contributed by atoms with Gasteiger partial charge < -0.3 is 14.5 Å². The number of ketones is 1. The number of ether oxygens (including phenoxy) is 1. The molecular weight excluding hydrogens is 388 g/mol. The Morgan fingerprint density at radius 1 is 1.03 bits per heavy atom. The standard InChI is InChI=1S/C26H40N2O3/c1-4-7-15-27(16-8-5-2)19-21-10-9-20-11-13-23-22(25(20)26(21)30)12-14-24(29)28(23)17-18-31-6-3/h11,13,21H,4-10,12,14-19H2,1-3H3. The lowest BCUT2D eigenvalue weighted by molar-refractivity contribution is -0.119. The highest BCUT2D eigenvalue weighted by molar-refractivity contribution is 6.06. The average Bonchev–Trinajstić information content (AvgIpc) is 2.78. The molecule has 5 heteroatoms. The molecule has 1 amide bonds. The minimum atomic E-state index is 0.0715. The summed E-state index contributed by atoms with van der Waals surface area (Å²) >= 11 is 0. The fraction of sp³-hybridized carbons (Fsp3) is 0.692. The van der Waals surface area contributed by atoms with E-state index < -0.39 is 0 Å². The molecule has 31 heavy (non-hydrogen) atoms. The van der Waals surface area contributed by atoms with Gasteiger partial charge in [0.2, 0.25) is 5.91 Å². The van der Waals surface area contributed by atoms with Crippen LogP contribution in [0, 0.1) is 5.92 Å². The maximum atomic E-state index is 13.7. The van der Waals surface area contributed by atoms with Crippen LogP contribution in [0.25, 0.3) is 0 Å². The molecule has 5 nitrogen and oxygen atoms in total. The van der Waals surface area contributed by atoms with Crippen molar-refractivity contribution in [2.45, 2.75) is 72.1 Å². The van der Waals surface area contributed by atoms with Gasteiger partial charge in [-0.15, -0.1) is 0 Å². The number of benzene rings is 1. The molecule has 1 aliphatic carbocycles. The van der Waals surface area contributed by atoms with Crippen molar-refractivity contribution in [1.29, 1.82) is 0 Å². The Balaban J connectivity index is 1.81. The zero-order chi connectivity index (χ0) is 22.2. The zero-order valence-electron chi connectivity index (χ0n) is 19.8. The second-order valence-corrected chi connectivity index (χ2v) is 8.95. The lowest BCUT2D eigenvalue weighted by Gasteiger charge is -2.35. The van der Waals surface area contributed by atoms with Gasteiger partial charge in [-0.25, -0.2) is 0 Å². The molecule has 0 bridgehead atoms. The number of carbonyl (C=O) groups excluding carboxylic acids is 2. The van der Waals surface area contributed by atoms with Crippen LogP contribution in [0.4, 0.5) is 5.69 Å². The molecule has 172 valence electrons. The molecule has 0 saturated heterocycles. The van der Waals surface area contributed by atoms with Crippen molar-refractivity contribution in [3.8, 4) is 0 Å². The summed E-state index contributed by atoms with van der Waals surface area (Å²) in [6.07, 6.45) is 7.80. The van der Waals surface area contributed by atoms with Gasteiger partial charge in [-0.2, -0.15) is 0 Å². The summed E-state index contributed by atoms with van der Waals surface area (Å²) < 4.78 is 5.49. The summed E-state index contributed by atoms with van der Waals surface area (Å²) in [5.41, 5.74) is 4.12. The number of amides is 1. The first-order valence-corrected chi connectivity index (χ1v) is 12.4. The van der Waals surface area contributed by atoms with Crippen molar-refractivity contribution < 1.29 is 14.3 Å². The van der Waals surface area contributed by atoms with Crippen molar-refractivity contribution in [3.63, 3.8) is 0 Å². The van der Waals surface area contributed by atoms with Gasteiger partial charge in [0.1, 0.15) is 0 Å². The second-order valence-electron chi connectivity index (χ2n) is 8.95. The lowest BCUT2D eigenvalue weighted by atomic mass is 9.78. The lowest BCUT2D eigenvalue weighted by Crippen LogP contribution is -2.40. The number of anilines is 1. The summed E-state index contributed by atoms with van der Waals surface area (Å²) in [5, 5.41) is 0. The molecule has 1 aromatic rings. The third kappa shape index (κ3) is 5.75. The van der Waals surface area contributed by atoms with Crippen LogP contribution in [0.2, 0.25) is 0 Å². The number of unbranched alkanes of at least 4 members (excludes halogenated alkanes) is 2. The smallest absolute Gasteiger partial charge is 0.227 e. The molecule has 0 radical (unpaired) electrons. The van der Waals surface area contributed by atoms with Crippen LogP contribution >= 0.6 is 0 Å². The third-order valence-corrected chi connectivity index (χ3v) is 6.73. The summed E-state index contributed by atoms with van der Waals surface area (Å²) in [5.74, 6) is 0.509. The van der Waals surface area contributed by atoms with E-state index in [-0.39, 0.29) is 11.8 Å². The summed E-state index contributed by atoms with van der Waals surface area (Å²) in [7, 11) is 0. The number of carbonyl (C=O) groups is 2.